The molecular formula is C42H54N8O6. The molecule has 4 heterocycles. The van der Waals surface area contributed by atoms with Gasteiger partial charge < -0.3 is 39.9 Å². The number of likely N-dealkylation sites (tertiary alicyclic amines) is 2. The second-order valence-electron chi connectivity index (χ2n) is 15.5. The van der Waals surface area contributed by atoms with Crippen molar-refractivity contribution in [2.75, 3.05) is 33.9 Å². The highest BCUT2D eigenvalue weighted by atomic mass is 16.5. The van der Waals surface area contributed by atoms with E-state index in [1.807, 2.05) is 49.2 Å². The van der Waals surface area contributed by atoms with E-state index in [0.717, 1.165) is 59.3 Å². The first kappa shape index (κ1) is 40.3. The van der Waals surface area contributed by atoms with Gasteiger partial charge in [0.2, 0.25) is 23.6 Å². The lowest BCUT2D eigenvalue weighted by Crippen LogP contribution is -2.58. The molecule has 0 spiro atoms. The molecule has 56 heavy (non-hydrogen) atoms. The van der Waals surface area contributed by atoms with E-state index in [1.165, 1.54) is 21.1 Å². The number of nitrogens with zero attached hydrogens (tertiary/aromatic N) is 4. The lowest BCUT2D eigenvalue weighted by molar-refractivity contribution is -0.145. The molecule has 4 amide bonds. The second-order valence-corrected chi connectivity index (χ2v) is 15.5. The summed E-state index contributed by atoms with van der Waals surface area (Å²) in [6, 6.07) is 14.2. The third kappa shape index (κ3) is 8.56. The third-order valence-corrected chi connectivity index (χ3v) is 10.9. The average Bonchev–Trinajstić information content (AvgIpc) is 4.02. The van der Waals surface area contributed by atoms with Crippen molar-refractivity contribution in [2.24, 2.45) is 5.92 Å². The summed E-state index contributed by atoms with van der Waals surface area (Å²) in [6.45, 7) is 9.81. The molecular weight excluding hydrogens is 713 g/mol. The van der Waals surface area contributed by atoms with Crippen LogP contribution in [0.4, 0.5) is 0 Å². The van der Waals surface area contributed by atoms with Crippen LogP contribution in [0.15, 0.2) is 60.9 Å². The first-order valence-corrected chi connectivity index (χ1v) is 19.3. The zero-order valence-electron chi connectivity index (χ0n) is 33.3. The maximum absolute atomic E-state index is 13.9. The van der Waals surface area contributed by atoms with Gasteiger partial charge in [0.05, 0.1) is 41.5 Å². The Morgan fingerprint density at radius 1 is 0.821 bits per heavy atom. The van der Waals surface area contributed by atoms with Crippen LogP contribution < -0.4 is 10.6 Å². The molecule has 6 rings (SSSR count). The van der Waals surface area contributed by atoms with Gasteiger partial charge in [0.15, 0.2) is 0 Å². The Morgan fingerprint density at radius 3 is 2.02 bits per heavy atom. The van der Waals surface area contributed by atoms with E-state index < -0.39 is 17.7 Å². The number of hydrogen-bond acceptors (Lipinski definition) is 8. The fourth-order valence-electron chi connectivity index (χ4n) is 7.79. The van der Waals surface area contributed by atoms with Crippen molar-refractivity contribution in [3.63, 3.8) is 0 Å². The van der Waals surface area contributed by atoms with Crippen LogP contribution in [0, 0.1) is 5.92 Å². The van der Waals surface area contributed by atoms with Gasteiger partial charge in [0.1, 0.15) is 30.3 Å². The van der Waals surface area contributed by atoms with E-state index in [0.29, 0.717) is 24.7 Å². The summed E-state index contributed by atoms with van der Waals surface area (Å²) in [5.74, 6) is 0.258. The van der Waals surface area contributed by atoms with Crippen LogP contribution in [0.3, 0.4) is 0 Å². The molecule has 2 aromatic carbocycles. The molecule has 2 aliphatic heterocycles. The van der Waals surface area contributed by atoms with Gasteiger partial charge in [-0.25, -0.2) is 9.97 Å². The smallest absolute Gasteiger partial charge is 0.248 e. The molecule has 0 aliphatic carbocycles. The standard InChI is InChI=1S/C42H54N8O6/c1-25(2)36(48-35(52)24-55-6)40(53)49-19-11-15-33(49)39-44-23-32(47-39)30-21-28(17-18-29(30)27-13-9-8-10-14-27)31-22-43-38(46-31)34-16-12-20-50(34)41(54)37(45-26(3)51)42(4,5)56-7/h8-10,13-14,17-18,21-23,25,33-34,36-37H,11-12,15-16,19-20,24H2,1-7H3,(H,43,46)(H,44,47)(H,45,51)(H,48,52)/t33-,34-,36-,37+/m0/s1. The largest absolute Gasteiger partial charge is 0.376 e. The number of rotatable bonds is 14. The van der Waals surface area contributed by atoms with Crippen molar-refractivity contribution in [3.8, 4) is 33.6 Å². The number of nitrogens with one attached hydrogen (secondary N) is 4. The normalized spacial score (nSPS) is 18.3. The second kappa shape index (κ2) is 17.2. The van der Waals surface area contributed by atoms with Crippen molar-refractivity contribution in [2.45, 2.75) is 90.1 Å². The fourth-order valence-corrected chi connectivity index (χ4v) is 7.79. The van der Waals surface area contributed by atoms with Crippen LogP contribution in [0.25, 0.3) is 33.6 Å². The van der Waals surface area contributed by atoms with Gasteiger partial charge in [-0.2, -0.15) is 0 Å². The molecule has 2 aliphatic rings. The van der Waals surface area contributed by atoms with Gasteiger partial charge in [0.25, 0.3) is 0 Å². The Labute approximate surface area is 328 Å². The highest BCUT2D eigenvalue weighted by Gasteiger charge is 2.43. The number of hydrogen-bond donors (Lipinski definition) is 4. The summed E-state index contributed by atoms with van der Waals surface area (Å²) >= 11 is 0. The molecule has 0 unspecified atom stereocenters. The molecule has 14 heteroatoms. The number of methoxy groups -OCH3 is 2. The summed E-state index contributed by atoms with van der Waals surface area (Å²) in [7, 11) is 2.98. The number of H-pyrrole nitrogens is 2. The minimum Gasteiger partial charge on any atom is -0.376 e. The van der Waals surface area contributed by atoms with E-state index >= 15 is 0 Å². The Hall–Kier alpha value is -5.34. The molecule has 4 N–H and O–H groups in total. The van der Waals surface area contributed by atoms with E-state index in [9.17, 15) is 19.2 Å². The topological polar surface area (TPSA) is 175 Å². The summed E-state index contributed by atoms with van der Waals surface area (Å²) in [6.07, 6.45) is 6.70. The van der Waals surface area contributed by atoms with Gasteiger partial charge in [-0.15, -0.1) is 0 Å². The maximum Gasteiger partial charge on any atom is 0.248 e. The van der Waals surface area contributed by atoms with Crippen LogP contribution >= 0.6 is 0 Å². The Kier molecular flexibility index (Phi) is 12.4. The minimum absolute atomic E-state index is 0.114. The first-order chi connectivity index (χ1) is 26.8. The lowest BCUT2D eigenvalue weighted by Gasteiger charge is -2.36. The predicted octanol–water partition coefficient (Wildman–Crippen LogP) is 5.18. The number of aromatic nitrogens is 4. The SMILES string of the molecule is COCC(=O)N[C@H](C(=O)N1CCC[C@H]1c1ncc(-c2cc(-c3cnc([C@@H]4CCCN4C(=O)[C@@H](NC(C)=O)C(C)(C)OC)[nH]3)ccc2-c2ccccc2)[nH]1)C(C)C. The van der Waals surface area contributed by atoms with Crippen LogP contribution in [0.5, 0.6) is 0 Å². The van der Waals surface area contributed by atoms with Crippen molar-refractivity contribution in [3.05, 3.63) is 72.6 Å². The monoisotopic (exact) mass is 766 g/mol. The molecule has 4 aromatic rings. The fraction of sp³-hybridized carbons (Fsp3) is 0.476. The molecule has 14 nitrogen and oxygen atoms in total. The minimum atomic E-state index is -0.919. The summed E-state index contributed by atoms with van der Waals surface area (Å²) in [4.78, 5) is 72.6. The van der Waals surface area contributed by atoms with Crippen molar-refractivity contribution < 1.29 is 28.7 Å². The lowest BCUT2D eigenvalue weighted by atomic mass is 9.95. The number of carbonyl (C=O) groups is 4. The number of amides is 4. The van der Waals surface area contributed by atoms with Crippen molar-refractivity contribution in [1.29, 1.82) is 0 Å². The summed E-state index contributed by atoms with van der Waals surface area (Å²) in [5.41, 5.74) is 4.52. The van der Waals surface area contributed by atoms with Gasteiger partial charge in [-0.1, -0.05) is 56.3 Å². The quantitative estimate of drug-likeness (QED) is 0.136. The molecule has 2 fully saturated rings. The highest BCUT2D eigenvalue weighted by molar-refractivity contribution is 5.90. The highest BCUT2D eigenvalue weighted by Crippen LogP contribution is 2.39. The van der Waals surface area contributed by atoms with Crippen LogP contribution in [0.1, 0.15) is 84.0 Å². The number of ether oxygens (including phenoxy) is 2. The average molecular weight is 767 g/mol. The third-order valence-electron chi connectivity index (χ3n) is 10.9. The molecule has 0 radical (unpaired) electrons. The van der Waals surface area contributed by atoms with E-state index in [1.54, 1.807) is 24.9 Å². The summed E-state index contributed by atoms with van der Waals surface area (Å²) < 4.78 is 10.6. The number of imidazole rings is 2. The number of aromatic amines is 2. The molecule has 0 saturated carbocycles. The van der Waals surface area contributed by atoms with Crippen molar-refractivity contribution in [1.82, 2.24) is 40.4 Å². The Morgan fingerprint density at radius 2 is 1.43 bits per heavy atom. The molecule has 2 saturated heterocycles. The molecule has 4 atom stereocenters. The summed E-state index contributed by atoms with van der Waals surface area (Å²) in [5, 5.41) is 5.66. The number of carbonyl (C=O) groups excluding carboxylic acids is 4. The molecule has 298 valence electrons. The zero-order valence-corrected chi connectivity index (χ0v) is 33.3. The Balaban J connectivity index is 1.30. The molecule has 0 bridgehead atoms. The van der Waals surface area contributed by atoms with Crippen LogP contribution in [-0.2, 0) is 28.7 Å². The first-order valence-electron chi connectivity index (χ1n) is 19.3. The van der Waals surface area contributed by atoms with Gasteiger partial charge in [-0.05, 0) is 62.6 Å². The van der Waals surface area contributed by atoms with Crippen LogP contribution in [-0.4, -0.2) is 105 Å². The van der Waals surface area contributed by atoms with Gasteiger partial charge >= 0.3 is 0 Å². The van der Waals surface area contributed by atoms with E-state index in [4.69, 9.17) is 19.4 Å². The van der Waals surface area contributed by atoms with Crippen molar-refractivity contribution >= 4 is 23.6 Å². The number of benzene rings is 2. The van der Waals surface area contributed by atoms with E-state index in [-0.39, 0.29) is 48.2 Å². The van der Waals surface area contributed by atoms with Crippen LogP contribution in [0.2, 0.25) is 0 Å². The van der Waals surface area contributed by atoms with Gasteiger partial charge in [-0.3, -0.25) is 19.2 Å². The maximum atomic E-state index is 13.9. The van der Waals surface area contributed by atoms with Gasteiger partial charge in [0, 0.05) is 45.4 Å². The zero-order chi connectivity index (χ0) is 40.1. The predicted molar refractivity (Wildman–Crippen MR) is 212 cm³/mol. The van der Waals surface area contributed by atoms with E-state index in [2.05, 4.69) is 44.9 Å². The molecule has 2 aromatic heterocycles. The Bertz CT molecular complexity index is 2020.